The molecule has 2 aromatic rings. The van der Waals surface area contributed by atoms with Gasteiger partial charge in [0, 0.05) is 22.6 Å². The number of nitro groups is 1. The summed E-state index contributed by atoms with van der Waals surface area (Å²) in [6.07, 6.45) is -0.942. The highest BCUT2D eigenvalue weighted by Crippen LogP contribution is 2.28. The molecule has 25 heavy (non-hydrogen) atoms. The number of hydrogen-bond acceptors (Lipinski definition) is 5. The third-order valence-electron chi connectivity index (χ3n) is 3.38. The number of nitro benzene ring substituents is 1. The van der Waals surface area contributed by atoms with Crippen molar-refractivity contribution in [3.05, 3.63) is 69.8 Å². The fourth-order valence-electron chi connectivity index (χ4n) is 2.06. The number of ether oxygens (including phenoxy) is 1. The number of halogens is 2. The maximum atomic E-state index is 13.7. The first-order valence-corrected chi connectivity index (χ1v) is 8.22. The first-order chi connectivity index (χ1) is 11.8. The highest BCUT2D eigenvalue weighted by atomic mass is 32.2. The van der Waals surface area contributed by atoms with Crippen LogP contribution in [0, 0.1) is 21.7 Å². The molecule has 0 saturated heterocycles. The van der Waals surface area contributed by atoms with Gasteiger partial charge >= 0.3 is 5.97 Å². The molecule has 0 radical (unpaired) electrons. The zero-order valence-corrected chi connectivity index (χ0v) is 14.3. The second-order valence-electron chi connectivity index (χ2n) is 5.26. The average molecular weight is 367 g/mol. The van der Waals surface area contributed by atoms with Crippen LogP contribution in [0.25, 0.3) is 0 Å². The third kappa shape index (κ3) is 4.99. The van der Waals surface area contributed by atoms with Crippen molar-refractivity contribution in [2.24, 2.45) is 0 Å². The number of benzene rings is 2. The van der Waals surface area contributed by atoms with E-state index in [2.05, 4.69) is 0 Å². The standard InChI is InChI=1S/C17H15F2NO4S/c1-10(15-9-12(18)3-8-16(15)19)24-17(21)11(2)25-14-6-4-13(5-7-14)20(22)23/h3-11H,1-2H3. The molecular formula is C17H15F2NO4S. The molecule has 132 valence electrons. The Hall–Kier alpha value is -2.48. The zero-order chi connectivity index (χ0) is 18.6. The topological polar surface area (TPSA) is 69.4 Å². The van der Waals surface area contributed by atoms with Crippen LogP contribution in [0.3, 0.4) is 0 Å². The Bertz CT molecular complexity index is 783. The van der Waals surface area contributed by atoms with Crippen LogP contribution in [0.5, 0.6) is 0 Å². The Morgan fingerprint density at radius 3 is 2.40 bits per heavy atom. The molecule has 5 nitrogen and oxygen atoms in total. The molecule has 0 aliphatic rings. The lowest BCUT2D eigenvalue weighted by Crippen LogP contribution is -2.19. The number of nitrogens with zero attached hydrogens (tertiary/aromatic N) is 1. The molecular weight excluding hydrogens is 352 g/mol. The Morgan fingerprint density at radius 1 is 1.16 bits per heavy atom. The smallest absolute Gasteiger partial charge is 0.319 e. The van der Waals surface area contributed by atoms with Gasteiger partial charge in [0.2, 0.25) is 0 Å². The molecule has 0 fully saturated rings. The van der Waals surface area contributed by atoms with Gasteiger partial charge in [0.15, 0.2) is 0 Å². The number of carbonyl (C=O) groups is 1. The zero-order valence-electron chi connectivity index (χ0n) is 13.4. The van der Waals surface area contributed by atoms with Gasteiger partial charge < -0.3 is 4.74 Å². The van der Waals surface area contributed by atoms with Crippen molar-refractivity contribution in [3.63, 3.8) is 0 Å². The minimum absolute atomic E-state index is 0.0408. The van der Waals surface area contributed by atoms with Crippen molar-refractivity contribution in [3.8, 4) is 0 Å². The van der Waals surface area contributed by atoms with E-state index in [1.807, 2.05) is 0 Å². The molecule has 0 bridgehead atoms. The van der Waals surface area contributed by atoms with Gasteiger partial charge in [-0.1, -0.05) is 0 Å². The van der Waals surface area contributed by atoms with Gasteiger partial charge in [-0.05, 0) is 44.2 Å². The summed E-state index contributed by atoms with van der Waals surface area (Å²) in [7, 11) is 0. The number of thioether (sulfide) groups is 1. The second-order valence-corrected chi connectivity index (χ2v) is 6.67. The number of hydrogen-bond donors (Lipinski definition) is 0. The van der Waals surface area contributed by atoms with Crippen molar-refractivity contribution >= 4 is 23.4 Å². The summed E-state index contributed by atoms with van der Waals surface area (Å²) < 4.78 is 32.1. The van der Waals surface area contributed by atoms with Crippen molar-refractivity contribution in [2.45, 2.75) is 30.1 Å². The van der Waals surface area contributed by atoms with Gasteiger partial charge in [-0.25, -0.2) is 8.78 Å². The van der Waals surface area contributed by atoms with Crippen LogP contribution in [0.4, 0.5) is 14.5 Å². The van der Waals surface area contributed by atoms with Crippen molar-refractivity contribution in [1.29, 1.82) is 0 Å². The largest absolute Gasteiger partial charge is 0.457 e. The van der Waals surface area contributed by atoms with E-state index >= 15 is 0 Å². The first-order valence-electron chi connectivity index (χ1n) is 7.34. The van der Waals surface area contributed by atoms with Crippen LogP contribution >= 0.6 is 11.8 Å². The maximum absolute atomic E-state index is 13.7. The average Bonchev–Trinajstić information content (AvgIpc) is 2.57. The minimum atomic E-state index is -0.942. The monoisotopic (exact) mass is 367 g/mol. The van der Waals surface area contributed by atoms with Crippen LogP contribution in [-0.4, -0.2) is 16.1 Å². The normalized spacial score (nSPS) is 13.1. The molecule has 0 aliphatic heterocycles. The van der Waals surface area contributed by atoms with Gasteiger partial charge in [0.25, 0.3) is 5.69 Å². The van der Waals surface area contributed by atoms with E-state index in [0.29, 0.717) is 4.90 Å². The molecule has 2 rings (SSSR count). The molecule has 0 aromatic heterocycles. The molecule has 0 heterocycles. The van der Waals surface area contributed by atoms with Crippen LogP contribution < -0.4 is 0 Å². The van der Waals surface area contributed by atoms with Crippen molar-refractivity contribution < 1.29 is 23.2 Å². The van der Waals surface area contributed by atoms with E-state index in [9.17, 15) is 23.7 Å². The maximum Gasteiger partial charge on any atom is 0.319 e. The van der Waals surface area contributed by atoms with Gasteiger partial charge in [-0.2, -0.15) is 0 Å². The SMILES string of the molecule is CC(Sc1ccc([N+](=O)[O-])cc1)C(=O)OC(C)c1cc(F)ccc1F. The van der Waals surface area contributed by atoms with Crippen molar-refractivity contribution in [1.82, 2.24) is 0 Å². The summed E-state index contributed by atoms with van der Waals surface area (Å²) >= 11 is 1.15. The van der Waals surface area contributed by atoms with Gasteiger partial charge in [-0.3, -0.25) is 14.9 Å². The Morgan fingerprint density at radius 2 is 1.80 bits per heavy atom. The molecule has 8 heteroatoms. The summed E-state index contributed by atoms with van der Waals surface area (Å²) in [5.41, 5.74) is -0.0873. The summed E-state index contributed by atoms with van der Waals surface area (Å²) in [6.45, 7) is 3.06. The molecule has 2 atom stereocenters. The van der Waals surface area contributed by atoms with Gasteiger partial charge in [0.05, 0.1) is 4.92 Å². The van der Waals surface area contributed by atoms with E-state index in [4.69, 9.17) is 4.74 Å². The summed E-state index contributed by atoms with van der Waals surface area (Å²) in [6, 6.07) is 8.69. The predicted octanol–water partition coefficient (Wildman–Crippen LogP) is 4.66. The number of esters is 1. The van der Waals surface area contributed by atoms with Crippen LogP contribution in [0.2, 0.25) is 0 Å². The lowest BCUT2D eigenvalue weighted by molar-refractivity contribution is -0.384. The molecule has 2 unspecified atom stereocenters. The molecule has 0 saturated carbocycles. The van der Waals surface area contributed by atoms with Gasteiger partial charge in [-0.15, -0.1) is 11.8 Å². The Kier molecular flexibility index (Phi) is 6.08. The van der Waals surface area contributed by atoms with Crippen LogP contribution in [0.1, 0.15) is 25.5 Å². The Balaban J connectivity index is 1.99. The summed E-state index contributed by atoms with van der Waals surface area (Å²) in [4.78, 5) is 22.9. The molecule has 0 spiro atoms. The third-order valence-corrected chi connectivity index (χ3v) is 4.47. The molecule has 0 aliphatic carbocycles. The lowest BCUT2D eigenvalue weighted by Gasteiger charge is -2.17. The van der Waals surface area contributed by atoms with Crippen LogP contribution in [0.15, 0.2) is 47.4 Å². The van der Waals surface area contributed by atoms with Gasteiger partial charge in [0.1, 0.15) is 23.0 Å². The molecule has 2 aromatic carbocycles. The second kappa shape index (κ2) is 8.06. The predicted molar refractivity (Wildman–Crippen MR) is 89.3 cm³/mol. The summed E-state index contributed by atoms with van der Waals surface area (Å²) in [5, 5.41) is 9.99. The van der Waals surface area contributed by atoms with E-state index < -0.39 is 33.9 Å². The minimum Gasteiger partial charge on any atom is -0.457 e. The highest BCUT2D eigenvalue weighted by Gasteiger charge is 2.22. The highest BCUT2D eigenvalue weighted by molar-refractivity contribution is 8.00. The first kappa shape index (κ1) is 18.9. The fraction of sp³-hybridized carbons (Fsp3) is 0.235. The molecule has 0 N–H and O–H groups in total. The Labute approximate surface area is 147 Å². The number of carbonyl (C=O) groups excluding carboxylic acids is 1. The quantitative estimate of drug-likeness (QED) is 0.321. The van der Waals surface area contributed by atoms with E-state index in [0.717, 1.165) is 30.0 Å². The van der Waals surface area contributed by atoms with E-state index in [1.54, 1.807) is 6.92 Å². The van der Waals surface area contributed by atoms with E-state index in [-0.39, 0.29) is 11.3 Å². The fourth-order valence-corrected chi connectivity index (χ4v) is 2.91. The molecule has 0 amide bonds. The van der Waals surface area contributed by atoms with Crippen LogP contribution in [-0.2, 0) is 9.53 Å². The van der Waals surface area contributed by atoms with E-state index in [1.165, 1.54) is 31.2 Å². The number of rotatable bonds is 6. The lowest BCUT2D eigenvalue weighted by atomic mass is 10.1. The number of non-ortho nitro benzene ring substituents is 1. The summed E-state index contributed by atoms with van der Waals surface area (Å²) in [5.74, 6) is -1.87. The van der Waals surface area contributed by atoms with Crippen molar-refractivity contribution in [2.75, 3.05) is 0 Å².